The molecule has 0 aliphatic carbocycles. The number of amides is 1. The monoisotopic (exact) mass is 373 g/mol. The molecule has 1 aromatic carbocycles. The minimum Gasteiger partial charge on any atom is -0.337 e. The van der Waals surface area contributed by atoms with Gasteiger partial charge in [0.05, 0.1) is 0 Å². The number of aryl methyl sites for hydroxylation is 1. The first-order valence-electron chi connectivity index (χ1n) is 6.18. The van der Waals surface area contributed by atoms with Crippen LogP contribution in [-0.2, 0) is 0 Å². The van der Waals surface area contributed by atoms with E-state index in [1.54, 1.807) is 0 Å². The van der Waals surface area contributed by atoms with Gasteiger partial charge in [-0.05, 0) is 43.0 Å². The summed E-state index contributed by atoms with van der Waals surface area (Å²) in [5.41, 5.74) is 1.84. The summed E-state index contributed by atoms with van der Waals surface area (Å²) in [5, 5.41) is 0. The molecule has 1 aromatic rings. The molecule has 18 heavy (non-hydrogen) atoms. The highest BCUT2D eigenvalue weighted by molar-refractivity contribution is 9.10. The number of hydrogen-bond acceptors (Lipinski definition) is 1. The summed E-state index contributed by atoms with van der Waals surface area (Å²) in [6.07, 6.45) is 1.07. The van der Waals surface area contributed by atoms with Crippen molar-refractivity contribution in [1.29, 1.82) is 0 Å². The smallest absolute Gasteiger partial charge is 0.254 e. The summed E-state index contributed by atoms with van der Waals surface area (Å²) < 4.78 is 1.02. The number of rotatable bonds is 1. The van der Waals surface area contributed by atoms with Gasteiger partial charge in [-0.2, -0.15) is 0 Å². The Bertz CT molecular complexity index is 461. The number of carbonyl (C=O) groups excluding carboxylic acids is 1. The van der Waals surface area contributed by atoms with Gasteiger partial charge in [0.1, 0.15) is 0 Å². The molecular formula is C14H17Br2NO. The Morgan fingerprint density at radius 3 is 2.78 bits per heavy atom. The van der Waals surface area contributed by atoms with Gasteiger partial charge >= 0.3 is 0 Å². The maximum Gasteiger partial charge on any atom is 0.254 e. The molecule has 2 rings (SSSR count). The zero-order chi connectivity index (χ0) is 13.3. The lowest BCUT2D eigenvalue weighted by Gasteiger charge is -2.34. The van der Waals surface area contributed by atoms with Crippen LogP contribution in [0, 0.1) is 12.8 Å². The Labute approximate surface area is 125 Å². The van der Waals surface area contributed by atoms with Crippen LogP contribution in [0.1, 0.15) is 29.3 Å². The Hall–Kier alpha value is -0.350. The van der Waals surface area contributed by atoms with Gasteiger partial charge in [0.25, 0.3) is 5.91 Å². The number of carbonyl (C=O) groups is 1. The van der Waals surface area contributed by atoms with Crippen molar-refractivity contribution in [2.45, 2.75) is 25.1 Å². The molecular weight excluding hydrogens is 358 g/mol. The molecule has 2 unspecified atom stereocenters. The number of halogens is 2. The molecule has 1 aliphatic heterocycles. The standard InChI is InChI=1S/C14H17Br2NO/c1-9-5-6-17(8-13(9)16)14(18)12-4-3-11(15)7-10(12)2/h3-4,7,9,13H,5-6,8H2,1-2H3. The van der Waals surface area contributed by atoms with E-state index in [0.29, 0.717) is 10.7 Å². The van der Waals surface area contributed by atoms with Crippen molar-refractivity contribution < 1.29 is 4.79 Å². The molecule has 2 atom stereocenters. The quantitative estimate of drug-likeness (QED) is 0.680. The Kier molecular flexibility index (Phi) is 4.49. The van der Waals surface area contributed by atoms with E-state index in [9.17, 15) is 4.79 Å². The predicted molar refractivity (Wildman–Crippen MR) is 81.3 cm³/mol. The first kappa shape index (κ1) is 14.1. The molecule has 0 radical (unpaired) electrons. The zero-order valence-corrected chi connectivity index (χ0v) is 13.8. The number of likely N-dealkylation sites (tertiary alicyclic amines) is 1. The van der Waals surface area contributed by atoms with Crippen LogP contribution in [0.15, 0.2) is 22.7 Å². The van der Waals surface area contributed by atoms with Crippen molar-refractivity contribution in [2.24, 2.45) is 5.92 Å². The second-order valence-electron chi connectivity index (χ2n) is 4.99. The van der Waals surface area contributed by atoms with Crippen molar-refractivity contribution in [3.8, 4) is 0 Å². The van der Waals surface area contributed by atoms with Crippen molar-refractivity contribution in [1.82, 2.24) is 4.90 Å². The molecule has 0 aromatic heterocycles. The fourth-order valence-electron chi connectivity index (χ4n) is 2.24. The number of benzene rings is 1. The Morgan fingerprint density at radius 1 is 1.44 bits per heavy atom. The van der Waals surface area contributed by atoms with Gasteiger partial charge in [0.2, 0.25) is 0 Å². The maximum absolute atomic E-state index is 12.5. The van der Waals surface area contributed by atoms with E-state index in [1.807, 2.05) is 30.0 Å². The largest absolute Gasteiger partial charge is 0.337 e. The van der Waals surface area contributed by atoms with E-state index in [4.69, 9.17) is 0 Å². The molecule has 1 heterocycles. The summed E-state index contributed by atoms with van der Waals surface area (Å²) in [4.78, 5) is 14.8. The molecule has 1 saturated heterocycles. The maximum atomic E-state index is 12.5. The van der Waals surface area contributed by atoms with Crippen molar-refractivity contribution in [3.05, 3.63) is 33.8 Å². The minimum atomic E-state index is 0.149. The van der Waals surface area contributed by atoms with Crippen LogP contribution in [-0.4, -0.2) is 28.7 Å². The second kappa shape index (κ2) is 5.74. The minimum absolute atomic E-state index is 0.149. The highest BCUT2D eigenvalue weighted by Crippen LogP contribution is 2.25. The van der Waals surface area contributed by atoms with Crippen LogP contribution in [0.3, 0.4) is 0 Å². The lowest BCUT2D eigenvalue weighted by molar-refractivity contribution is 0.0705. The fraction of sp³-hybridized carbons (Fsp3) is 0.500. The summed E-state index contributed by atoms with van der Waals surface area (Å²) in [7, 11) is 0. The van der Waals surface area contributed by atoms with Crippen LogP contribution in [0.4, 0.5) is 0 Å². The number of alkyl halides is 1. The summed E-state index contributed by atoms with van der Waals surface area (Å²) in [5.74, 6) is 0.788. The highest BCUT2D eigenvalue weighted by atomic mass is 79.9. The average Bonchev–Trinajstić information content (AvgIpc) is 2.32. The SMILES string of the molecule is Cc1cc(Br)ccc1C(=O)N1CCC(C)C(Br)C1. The third-order valence-corrected chi connectivity index (χ3v) is 5.26. The fourth-order valence-corrected chi connectivity index (χ4v) is 3.33. The molecule has 0 N–H and O–H groups in total. The van der Waals surface area contributed by atoms with Gasteiger partial charge < -0.3 is 4.90 Å². The molecule has 2 nitrogen and oxygen atoms in total. The Morgan fingerprint density at radius 2 is 2.17 bits per heavy atom. The van der Waals surface area contributed by atoms with Gasteiger partial charge in [-0.1, -0.05) is 38.8 Å². The zero-order valence-electron chi connectivity index (χ0n) is 10.6. The van der Waals surface area contributed by atoms with Gasteiger partial charge in [-0.3, -0.25) is 4.79 Å². The molecule has 0 saturated carbocycles. The van der Waals surface area contributed by atoms with Crippen LogP contribution >= 0.6 is 31.9 Å². The average molecular weight is 375 g/mol. The van der Waals surface area contributed by atoms with Gasteiger partial charge in [-0.25, -0.2) is 0 Å². The molecule has 0 spiro atoms. The predicted octanol–water partition coefficient (Wildman–Crippen LogP) is 4.00. The summed E-state index contributed by atoms with van der Waals surface area (Å²) in [6, 6.07) is 5.83. The normalized spacial score (nSPS) is 24.1. The van der Waals surface area contributed by atoms with Gasteiger partial charge in [0, 0.05) is 28.0 Å². The second-order valence-corrected chi connectivity index (χ2v) is 7.08. The third kappa shape index (κ3) is 2.97. The lowest BCUT2D eigenvalue weighted by atomic mass is 9.98. The molecule has 1 amide bonds. The van der Waals surface area contributed by atoms with E-state index in [0.717, 1.165) is 35.1 Å². The first-order chi connectivity index (χ1) is 8.49. The van der Waals surface area contributed by atoms with Crippen LogP contribution in [0.2, 0.25) is 0 Å². The third-order valence-electron chi connectivity index (χ3n) is 3.57. The lowest BCUT2D eigenvalue weighted by Crippen LogP contribution is -2.43. The molecule has 1 aliphatic rings. The summed E-state index contributed by atoms with van der Waals surface area (Å²) >= 11 is 7.09. The first-order valence-corrected chi connectivity index (χ1v) is 7.89. The molecule has 1 fully saturated rings. The molecule has 0 bridgehead atoms. The van der Waals surface area contributed by atoms with Crippen molar-refractivity contribution in [3.63, 3.8) is 0 Å². The van der Waals surface area contributed by atoms with Crippen molar-refractivity contribution in [2.75, 3.05) is 13.1 Å². The van der Waals surface area contributed by atoms with Gasteiger partial charge in [0.15, 0.2) is 0 Å². The van der Waals surface area contributed by atoms with Gasteiger partial charge in [-0.15, -0.1) is 0 Å². The van der Waals surface area contributed by atoms with Crippen molar-refractivity contribution >= 4 is 37.8 Å². The van der Waals surface area contributed by atoms with Crippen LogP contribution in [0.5, 0.6) is 0 Å². The topological polar surface area (TPSA) is 20.3 Å². The van der Waals surface area contributed by atoms with E-state index >= 15 is 0 Å². The summed E-state index contributed by atoms with van der Waals surface area (Å²) in [6.45, 7) is 5.87. The van der Waals surface area contributed by atoms with Crippen LogP contribution in [0.25, 0.3) is 0 Å². The highest BCUT2D eigenvalue weighted by Gasteiger charge is 2.28. The molecule has 4 heteroatoms. The molecule has 98 valence electrons. The van der Waals surface area contributed by atoms with Crippen LogP contribution < -0.4 is 0 Å². The van der Waals surface area contributed by atoms with E-state index < -0.39 is 0 Å². The van der Waals surface area contributed by atoms with E-state index in [-0.39, 0.29) is 5.91 Å². The number of piperidine rings is 1. The Balaban J connectivity index is 2.16. The number of nitrogens with zero attached hydrogens (tertiary/aromatic N) is 1. The van der Waals surface area contributed by atoms with E-state index in [2.05, 4.69) is 38.8 Å². The van der Waals surface area contributed by atoms with E-state index in [1.165, 1.54) is 0 Å². The number of hydrogen-bond donors (Lipinski definition) is 0.